The smallest absolute Gasteiger partial charge is 0.406 e. The molecule has 4 rings (SSSR count). The molecule has 0 aliphatic carbocycles. The molecule has 12 heteroatoms. The normalized spacial score (nSPS) is 16.6. The Morgan fingerprint density at radius 2 is 1.69 bits per heavy atom. The van der Waals surface area contributed by atoms with Gasteiger partial charge in [-0.2, -0.15) is 4.72 Å². The Hall–Kier alpha value is -2.73. The second kappa shape index (κ2) is 10.3. The van der Waals surface area contributed by atoms with E-state index in [1.807, 2.05) is 30.3 Å². The Morgan fingerprint density at radius 3 is 2.28 bits per heavy atom. The number of alkyl halides is 3. The van der Waals surface area contributed by atoms with E-state index in [1.165, 1.54) is 6.20 Å². The second-order valence-electron chi connectivity index (χ2n) is 8.45. The molecule has 36 heavy (non-hydrogen) atoms. The van der Waals surface area contributed by atoms with Gasteiger partial charge in [0.25, 0.3) is 0 Å². The summed E-state index contributed by atoms with van der Waals surface area (Å²) < 4.78 is 85.3. The topological polar surface area (TPSA) is 71.5 Å². The number of sulfonamides is 1. The summed E-state index contributed by atoms with van der Waals surface area (Å²) in [6.45, 7) is 1.53. The lowest BCUT2D eigenvalue weighted by Crippen LogP contribution is -2.53. The van der Waals surface area contributed by atoms with Crippen molar-refractivity contribution in [1.29, 1.82) is 0 Å². The first-order chi connectivity index (χ1) is 17.0. The number of benzene rings is 2. The van der Waals surface area contributed by atoms with E-state index in [-0.39, 0.29) is 28.5 Å². The highest BCUT2D eigenvalue weighted by Gasteiger charge is 2.43. The summed E-state index contributed by atoms with van der Waals surface area (Å²) in [6, 6.07) is 14.6. The molecule has 3 aromatic rings. The van der Waals surface area contributed by atoms with Gasteiger partial charge in [-0.15, -0.1) is 13.2 Å². The van der Waals surface area contributed by atoms with Crippen molar-refractivity contribution in [1.82, 2.24) is 14.6 Å². The molecule has 1 N–H and O–H groups in total. The van der Waals surface area contributed by atoms with E-state index in [2.05, 4.69) is 19.3 Å². The van der Waals surface area contributed by atoms with Crippen LogP contribution in [-0.2, 0) is 22.1 Å². The van der Waals surface area contributed by atoms with Crippen molar-refractivity contribution in [3.8, 4) is 5.75 Å². The molecule has 0 spiro atoms. The zero-order valence-electron chi connectivity index (χ0n) is 18.8. The van der Waals surface area contributed by atoms with Crippen molar-refractivity contribution >= 4 is 21.6 Å². The van der Waals surface area contributed by atoms with E-state index in [4.69, 9.17) is 11.6 Å². The van der Waals surface area contributed by atoms with Gasteiger partial charge in [0.1, 0.15) is 11.6 Å². The zero-order valence-corrected chi connectivity index (χ0v) is 20.4. The highest BCUT2D eigenvalue weighted by atomic mass is 35.5. The summed E-state index contributed by atoms with van der Waals surface area (Å²) in [5.74, 6) is -1.31. The molecule has 1 aromatic heterocycles. The van der Waals surface area contributed by atoms with Gasteiger partial charge in [-0.1, -0.05) is 41.9 Å². The highest BCUT2D eigenvalue weighted by Crippen LogP contribution is 2.36. The van der Waals surface area contributed by atoms with Crippen LogP contribution in [0.1, 0.15) is 24.1 Å². The Morgan fingerprint density at radius 1 is 1.06 bits per heavy atom. The minimum Gasteiger partial charge on any atom is -0.406 e. The third kappa shape index (κ3) is 6.33. The summed E-state index contributed by atoms with van der Waals surface area (Å²) in [5, 5.41) is 0.0658. The summed E-state index contributed by atoms with van der Waals surface area (Å²) in [6.07, 6.45) is -3.25. The van der Waals surface area contributed by atoms with Crippen LogP contribution < -0.4 is 9.46 Å². The molecule has 2 heterocycles. The Labute approximate surface area is 210 Å². The molecule has 0 unspecified atom stereocenters. The van der Waals surface area contributed by atoms with Crippen LogP contribution in [0.5, 0.6) is 5.75 Å². The molecule has 1 aliphatic rings. The molecule has 1 saturated heterocycles. The van der Waals surface area contributed by atoms with Gasteiger partial charge in [-0.3, -0.25) is 9.88 Å². The van der Waals surface area contributed by atoms with Gasteiger partial charge in [-0.05, 0) is 48.7 Å². The van der Waals surface area contributed by atoms with Crippen LogP contribution in [0.15, 0.2) is 71.8 Å². The first-order valence-electron chi connectivity index (χ1n) is 10.9. The van der Waals surface area contributed by atoms with E-state index >= 15 is 0 Å². The average Bonchev–Trinajstić information content (AvgIpc) is 2.80. The maximum Gasteiger partial charge on any atom is 0.573 e. The molecule has 0 saturated carbocycles. The number of nitrogens with one attached hydrogen (secondary N) is 1. The third-order valence-electron chi connectivity index (χ3n) is 5.92. The molecular formula is C24H22ClF4N3O3S. The summed E-state index contributed by atoms with van der Waals surface area (Å²) >= 11 is 5.86. The maximum atomic E-state index is 15.0. The minimum atomic E-state index is -4.91. The molecule has 2 aromatic carbocycles. The van der Waals surface area contributed by atoms with E-state index in [0.29, 0.717) is 19.6 Å². The Bertz CT molecular complexity index is 1300. The second-order valence-corrected chi connectivity index (χ2v) is 10.6. The van der Waals surface area contributed by atoms with Gasteiger partial charge in [0.15, 0.2) is 0 Å². The monoisotopic (exact) mass is 543 g/mol. The maximum absolute atomic E-state index is 15.0. The quantitative estimate of drug-likeness (QED) is 0.413. The van der Waals surface area contributed by atoms with Crippen LogP contribution in [0.2, 0.25) is 5.02 Å². The van der Waals surface area contributed by atoms with Crippen molar-refractivity contribution in [3.63, 3.8) is 0 Å². The van der Waals surface area contributed by atoms with Gasteiger partial charge >= 0.3 is 6.36 Å². The standard InChI is InChI=1S/C24H22ClF4N3O3S/c25-18-14-21(26)22(30-15-18)23(10-12-32(13-11-23)16-17-4-2-1-3-5-17)31-36(33,34)20-8-6-19(7-9-20)35-24(27,28)29/h1-9,14-15,31H,10-13,16H2. The number of halogens is 5. The van der Waals surface area contributed by atoms with Crippen molar-refractivity contribution in [2.24, 2.45) is 0 Å². The number of hydrogen-bond acceptors (Lipinski definition) is 5. The number of hydrogen-bond donors (Lipinski definition) is 1. The number of nitrogens with zero attached hydrogens (tertiary/aromatic N) is 2. The van der Waals surface area contributed by atoms with E-state index in [1.54, 1.807) is 0 Å². The summed E-state index contributed by atoms with van der Waals surface area (Å²) in [5.41, 5.74) is -0.392. The Kier molecular flexibility index (Phi) is 7.56. The lowest BCUT2D eigenvalue weighted by molar-refractivity contribution is -0.274. The molecule has 1 aliphatic heterocycles. The van der Waals surface area contributed by atoms with Gasteiger partial charge in [-0.25, -0.2) is 12.8 Å². The number of pyridine rings is 1. The predicted molar refractivity (Wildman–Crippen MR) is 125 cm³/mol. The fraction of sp³-hybridized carbons (Fsp3) is 0.292. The predicted octanol–water partition coefficient (Wildman–Crippen LogP) is 5.24. The van der Waals surface area contributed by atoms with Crippen LogP contribution in [0, 0.1) is 5.82 Å². The van der Waals surface area contributed by atoms with Crippen LogP contribution in [-0.4, -0.2) is 37.8 Å². The van der Waals surface area contributed by atoms with Crippen LogP contribution >= 0.6 is 11.6 Å². The van der Waals surface area contributed by atoms with Gasteiger partial charge < -0.3 is 4.74 Å². The van der Waals surface area contributed by atoms with Crippen LogP contribution in [0.4, 0.5) is 17.6 Å². The molecule has 1 fully saturated rings. The average molecular weight is 544 g/mol. The zero-order chi connectivity index (χ0) is 26.0. The molecule has 0 bridgehead atoms. The van der Waals surface area contributed by atoms with E-state index < -0.39 is 33.5 Å². The lowest BCUT2D eigenvalue weighted by atomic mass is 9.84. The van der Waals surface area contributed by atoms with Gasteiger partial charge in [0, 0.05) is 25.8 Å². The fourth-order valence-corrected chi connectivity index (χ4v) is 5.80. The largest absolute Gasteiger partial charge is 0.573 e. The Balaban J connectivity index is 1.60. The fourth-order valence-electron chi connectivity index (χ4n) is 4.22. The number of aromatic nitrogens is 1. The van der Waals surface area contributed by atoms with Gasteiger partial charge in [0.05, 0.1) is 21.2 Å². The molecule has 0 radical (unpaired) electrons. The van der Waals surface area contributed by atoms with Crippen molar-refractivity contribution < 1.29 is 30.7 Å². The summed E-state index contributed by atoms with van der Waals surface area (Å²) in [4.78, 5) is 5.95. The molecule has 192 valence electrons. The van der Waals surface area contributed by atoms with E-state index in [0.717, 1.165) is 35.9 Å². The number of rotatable bonds is 7. The van der Waals surface area contributed by atoms with Crippen molar-refractivity contribution in [2.45, 2.75) is 36.2 Å². The molecular weight excluding hydrogens is 522 g/mol. The van der Waals surface area contributed by atoms with Crippen LogP contribution in [0.3, 0.4) is 0 Å². The summed E-state index contributed by atoms with van der Waals surface area (Å²) in [7, 11) is -4.28. The van der Waals surface area contributed by atoms with Crippen molar-refractivity contribution in [2.75, 3.05) is 13.1 Å². The number of piperidine rings is 1. The van der Waals surface area contributed by atoms with Gasteiger partial charge in [0.2, 0.25) is 10.0 Å². The number of ether oxygens (including phenoxy) is 1. The highest BCUT2D eigenvalue weighted by molar-refractivity contribution is 7.89. The molecule has 0 amide bonds. The van der Waals surface area contributed by atoms with Crippen LogP contribution in [0.25, 0.3) is 0 Å². The van der Waals surface area contributed by atoms with Crippen molar-refractivity contribution in [3.05, 3.63) is 89.0 Å². The SMILES string of the molecule is O=S(=O)(NC1(c2ncc(Cl)cc2F)CCN(Cc2ccccc2)CC1)c1ccc(OC(F)(F)F)cc1. The molecule has 6 nitrogen and oxygen atoms in total. The molecule has 0 atom stereocenters. The van der Waals surface area contributed by atoms with E-state index in [9.17, 15) is 26.0 Å². The minimum absolute atomic E-state index is 0.0658. The first-order valence-corrected chi connectivity index (χ1v) is 12.8. The number of likely N-dealkylation sites (tertiary alicyclic amines) is 1. The lowest BCUT2D eigenvalue weighted by Gasteiger charge is -2.41. The first kappa shape index (κ1) is 26.3. The third-order valence-corrected chi connectivity index (χ3v) is 7.68.